The number of para-hydroxylation sites is 2. The van der Waals surface area contributed by atoms with Crippen LogP contribution in [-0.2, 0) is 9.63 Å². The number of nitrogens with zero attached hydrogens (tertiary/aromatic N) is 2. The van der Waals surface area contributed by atoms with Gasteiger partial charge in [0.05, 0.1) is 23.0 Å². The van der Waals surface area contributed by atoms with Crippen LogP contribution < -0.4 is 11.1 Å². The van der Waals surface area contributed by atoms with Crippen molar-refractivity contribution in [1.29, 1.82) is 0 Å². The van der Waals surface area contributed by atoms with Crippen molar-refractivity contribution in [2.45, 2.75) is 24.9 Å². The number of hydrogen-bond acceptors (Lipinski definition) is 5. The molecule has 0 saturated heterocycles. The average molecular weight is 348 g/mol. The maximum absolute atomic E-state index is 13.4. The molecule has 2 fully saturated rings. The van der Waals surface area contributed by atoms with Gasteiger partial charge in [0.1, 0.15) is 0 Å². The number of pyridine rings is 1. The molecule has 3 N–H and O–H groups in total. The monoisotopic (exact) mass is 348 g/mol. The summed E-state index contributed by atoms with van der Waals surface area (Å²) in [5, 5.41) is 7.37. The zero-order chi connectivity index (χ0) is 17.7. The standard InChI is InChI=1S/C20H20N4O2/c21-15-5-1-2-6-16(15)23-19(25)20-14-8-7-12(10-14)17(20)18(24-26-20)13-4-3-9-22-11-13/h1-6,9,11-12,14,17H,7-8,10,21H2,(H,23,25)/t12-,14+,17-,20-/m1/s1. The molecule has 5 rings (SSSR count). The summed E-state index contributed by atoms with van der Waals surface area (Å²) in [5.41, 5.74) is 8.01. The number of nitrogens with two attached hydrogens (primary N) is 1. The highest BCUT2D eigenvalue weighted by Gasteiger charge is 2.69. The van der Waals surface area contributed by atoms with Gasteiger partial charge in [-0.15, -0.1) is 0 Å². The molecule has 6 heteroatoms. The fourth-order valence-electron chi connectivity index (χ4n) is 5.00. The number of nitrogen functional groups attached to an aromatic ring is 1. The van der Waals surface area contributed by atoms with Crippen LogP contribution in [0.4, 0.5) is 11.4 Å². The van der Waals surface area contributed by atoms with E-state index >= 15 is 0 Å². The number of fused-ring (bicyclic) bond motifs is 5. The molecular weight excluding hydrogens is 328 g/mol. The van der Waals surface area contributed by atoms with Crippen LogP contribution in [0.25, 0.3) is 0 Å². The molecule has 2 saturated carbocycles. The van der Waals surface area contributed by atoms with E-state index in [1.54, 1.807) is 18.5 Å². The molecule has 2 bridgehead atoms. The van der Waals surface area contributed by atoms with Crippen molar-refractivity contribution in [3.63, 3.8) is 0 Å². The third-order valence-electron chi connectivity index (χ3n) is 6.12. The smallest absolute Gasteiger partial charge is 0.272 e. The van der Waals surface area contributed by atoms with Gasteiger partial charge in [0.25, 0.3) is 5.91 Å². The SMILES string of the molecule is Nc1ccccc1NC(=O)[C@]12ON=C(c3cccnc3)[C@H]1[C@@H]1CC[C@H]2C1. The normalized spacial score (nSPS) is 31.2. The maximum atomic E-state index is 13.4. The van der Waals surface area contributed by atoms with E-state index in [2.05, 4.69) is 15.5 Å². The Morgan fingerprint density at radius 2 is 2.12 bits per heavy atom. The Balaban J connectivity index is 1.51. The fraction of sp³-hybridized carbons (Fsp3) is 0.350. The van der Waals surface area contributed by atoms with E-state index in [-0.39, 0.29) is 17.7 Å². The van der Waals surface area contributed by atoms with Crippen LogP contribution in [0.15, 0.2) is 53.9 Å². The third-order valence-corrected chi connectivity index (χ3v) is 6.12. The summed E-state index contributed by atoms with van der Waals surface area (Å²) in [4.78, 5) is 23.5. The van der Waals surface area contributed by atoms with Gasteiger partial charge in [0.2, 0.25) is 5.60 Å². The maximum Gasteiger partial charge on any atom is 0.272 e. The van der Waals surface area contributed by atoms with E-state index in [0.717, 1.165) is 30.5 Å². The summed E-state index contributed by atoms with van der Waals surface area (Å²) >= 11 is 0. The Bertz CT molecular complexity index is 898. The van der Waals surface area contributed by atoms with Gasteiger partial charge in [-0.05, 0) is 49.4 Å². The van der Waals surface area contributed by atoms with Gasteiger partial charge in [-0.1, -0.05) is 17.3 Å². The summed E-state index contributed by atoms with van der Waals surface area (Å²) in [6.45, 7) is 0. The predicted octanol–water partition coefficient (Wildman–Crippen LogP) is 2.82. The molecule has 1 aromatic heterocycles. The van der Waals surface area contributed by atoms with Gasteiger partial charge in [0, 0.05) is 23.9 Å². The molecule has 1 aliphatic heterocycles. The molecule has 6 nitrogen and oxygen atoms in total. The zero-order valence-corrected chi connectivity index (χ0v) is 14.3. The molecule has 0 unspecified atom stereocenters. The number of amides is 1. The topological polar surface area (TPSA) is 89.6 Å². The minimum absolute atomic E-state index is 0.0320. The van der Waals surface area contributed by atoms with Gasteiger partial charge < -0.3 is 15.9 Å². The molecule has 2 aromatic rings. The Hall–Kier alpha value is -2.89. The van der Waals surface area contributed by atoms with Crippen molar-refractivity contribution >= 4 is 23.0 Å². The second-order valence-electron chi connectivity index (χ2n) is 7.39. The summed E-state index contributed by atoms with van der Waals surface area (Å²) in [7, 11) is 0. The van der Waals surface area contributed by atoms with E-state index < -0.39 is 5.60 Å². The molecule has 1 amide bonds. The minimum Gasteiger partial charge on any atom is -0.397 e. The first kappa shape index (κ1) is 15.4. The summed E-state index contributed by atoms with van der Waals surface area (Å²) < 4.78 is 0. The average Bonchev–Trinajstić information content (AvgIpc) is 3.36. The van der Waals surface area contributed by atoms with Crippen molar-refractivity contribution in [3.8, 4) is 0 Å². The number of rotatable bonds is 3. The van der Waals surface area contributed by atoms with E-state index in [9.17, 15) is 4.79 Å². The third kappa shape index (κ3) is 2.01. The number of anilines is 2. The Morgan fingerprint density at radius 3 is 2.92 bits per heavy atom. The van der Waals surface area contributed by atoms with Crippen molar-refractivity contribution < 1.29 is 9.63 Å². The molecule has 132 valence electrons. The highest BCUT2D eigenvalue weighted by atomic mass is 16.7. The van der Waals surface area contributed by atoms with E-state index in [1.807, 2.05) is 30.3 Å². The van der Waals surface area contributed by atoms with Crippen molar-refractivity contribution in [2.24, 2.45) is 22.9 Å². The van der Waals surface area contributed by atoms with Crippen LogP contribution in [0.3, 0.4) is 0 Å². The minimum atomic E-state index is -0.934. The highest BCUT2D eigenvalue weighted by molar-refractivity contribution is 6.11. The molecule has 3 aliphatic rings. The number of aromatic nitrogens is 1. The van der Waals surface area contributed by atoms with Crippen LogP contribution in [0.2, 0.25) is 0 Å². The molecule has 2 heterocycles. The lowest BCUT2D eigenvalue weighted by Gasteiger charge is -2.35. The first-order valence-corrected chi connectivity index (χ1v) is 9.02. The highest BCUT2D eigenvalue weighted by Crippen LogP contribution is 2.60. The lowest BCUT2D eigenvalue weighted by Crippen LogP contribution is -2.53. The molecule has 0 spiro atoms. The quantitative estimate of drug-likeness (QED) is 0.835. The number of oxime groups is 1. The number of carbonyl (C=O) groups excluding carboxylic acids is 1. The predicted molar refractivity (Wildman–Crippen MR) is 98.4 cm³/mol. The lowest BCUT2D eigenvalue weighted by atomic mass is 9.71. The van der Waals surface area contributed by atoms with Crippen LogP contribution in [-0.4, -0.2) is 22.2 Å². The molecule has 0 radical (unpaired) electrons. The fourth-order valence-corrected chi connectivity index (χ4v) is 5.00. The van der Waals surface area contributed by atoms with Crippen LogP contribution in [0.5, 0.6) is 0 Å². The van der Waals surface area contributed by atoms with Gasteiger partial charge >= 0.3 is 0 Å². The second kappa shape index (κ2) is 5.56. The second-order valence-corrected chi connectivity index (χ2v) is 7.39. The van der Waals surface area contributed by atoms with Crippen molar-refractivity contribution in [3.05, 3.63) is 54.4 Å². The van der Waals surface area contributed by atoms with Gasteiger partial charge in [-0.2, -0.15) is 0 Å². The van der Waals surface area contributed by atoms with E-state index in [4.69, 9.17) is 10.6 Å². The van der Waals surface area contributed by atoms with Crippen LogP contribution in [0, 0.1) is 17.8 Å². The number of hydrogen-bond donors (Lipinski definition) is 2. The van der Waals surface area contributed by atoms with Crippen molar-refractivity contribution in [1.82, 2.24) is 4.98 Å². The summed E-state index contributed by atoms with van der Waals surface area (Å²) in [6.07, 6.45) is 6.63. The first-order valence-electron chi connectivity index (χ1n) is 9.02. The summed E-state index contributed by atoms with van der Waals surface area (Å²) in [6, 6.07) is 11.1. The van der Waals surface area contributed by atoms with E-state index in [0.29, 0.717) is 17.3 Å². The van der Waals surface area contributed by atoms with Crippen molar-refractivity contribution in [2.75, 3.05) is 11.1 Å². The number of benzene rings is 1. The summed E-state index contributed by atoms with van der Waals surface area (Å²) in [5.74, 6) is 0.423. The molecule has 4 atom stereocenters. The molecular formula is C20H20N4O2. The Labute approximate surface area is 151 Å². The first-order chi connectivity index (χ1) is 12.7. The number of carbonyl (C=O) groups is 1. The Morgan fingerprint density at radius 1 is 1.23 bits per heavy atom. The molecule has 2 aliphatic carbocycles. The van der Waals surface area contributed by atoms with Gasteiger partial charge in [-0.3, -0.25) is 9.78 Å². The lowest BCUT2D eigenvalue weighted by molar-refractivity contribution is -0.149. The molecule has 26 heavy (non-hydrogen) atoms. The van der Waals surface area contributed by atoms with Gasteiger partial charge in [-0.25, -0.2) is 0 Å². The molecule has 1 aromatic carbocycles. The van der Waals surface area contributed by atoms with Gasteiger partial charge in [0.15, 0.2) is 0 Å². The van der Waals surface area contributed by atoms with Crippen LogP contribution >= 0.6 is 0 Å². The zero-order valence-electron chi connectivity index (χ0n) is 14.3. The largest absolute Gasteiger partial charge is 0.397 e. The van der Waals surface area contributed by atoms with E-state index in [1.165, 1.54) is 0 Å². The van der Waals surface area contributed by atoms with Crippen LogP contribution in [0.1, 0.15) is 24.8 Å². The number of nitrogens with one attached hydrogen (secondary N) is 1. The Kier molecular flexibility index (Phi) is 3.29.